The summed E-state index contributed by atoms with van der Waals surface area (Å²) in [5.41, 5.74) is 0.293. The van der Waals surface area contributed by atoms with Gasteiger partial charge in [0, 0.05) is 33.3 Å². The number of carboxylic acids is 1. The largest absolute Gasteiger partial charge is 0.480 e. The van der Waals surface area contributed by atoms with E-state index in [2.05, 4.69) is 10.4 Å². The number of carbonyl (C=O) groups is 3. The maximum Gasteiger partial charge on any atom is 0.326 e. The molecule has 0 aliphatic heterocycles. The van der Waals surface area contributed by atoms with Crippen molar-refractivity contribution in [3.05, 3.63) is 18.0 Å². The van der Waals surface area contributed by atoms with Crippen molar-refractivity contribution < 1.29 is 19.5 Å². The van der Waals surface area contributed by atoms with E-state index in [1.54, 1.807) is 7.05 Å². The first-order chi connectivity index (χ1) is 9.34. The number of aliphatic carboxylic acids is 1. The Kier molecular flexibility index (Phi) is 5.24. The van der Waals surface area contributed by atoms with Crippen LogP contribution in [0.15, 0.2) is 12.3 Å². The predicted molar refractivity (Wildman–Crippen MR) is 70.0 cm³/mol. The van der Waals surface area contributed by atoms with Gasteiger partial charge >= 0.3 is 5.97 Å². The summed E-state index contributed by atoms with van der Waals surface area (Å²) >= 11 is 0. The van der Waals surface area contributed by atoms with E-state index in [1.807, 2.05) is 0 Å². The Balaban J connectivity index is 2.87. The van der Waals surface area contributed by atoms with Crippen LogP contribution in [-0.2, 0) is 16.6 Å². The van der Waals surface area contributed by atoms with Crippen molar-refractivity contribution in [3.63, 3.8) is 0 Å². The summed E-state index contributed by atoms with van der Waals surface area (Å²) in [6.07, 6.45) is 1.46. The number of aromatic nitrogens is 2. The Morgan fingerprint density at radius 2 is 2.15 bits per heavy atom. The number of aryl methyl sites for hydroxylation is 1. The van der Waals surface area contributed by atoms with Crippen LogP contribution in [0.4, 0.5) is 0 Å². The zero-order valence-electron chi connectivity index (χ0n) is 11.7. The molecular weight excluding hydrogens is 264 g/mol. The van der Waals surface area contributed by atoms with Gasteiger partial charge in [0.1, 0.15) is 11.7 Å². The molecule has 110 valence electrons. The van der Waals surface area contributed by atoms with Crippen molar-refractivity contribution in [2.24, 2.45) is 7.05 Å². The van der Waals surface area contributed by atoms with Gasteiger partial charge in [-0.15, -0.1) is 0 Å². The molecule has 20 heavy (non-hydrogen) atoms. The van der Waals surface area contributed by atoms with Gasteiger partial charge in [-0.25, -0.2) is 4.79 Å². The SMILES string of the molecule is CC(=O)NCCN(C(=O)c1ccnn1C)C(C)C(=O)O. The highest BCUT2D eigenvalue weighted by Gasteiger charge is 2.27. The van der Waals surface area contributed by atoms with Crippen LogP contribution in [0.25, 0.3) is 0 Å². The van der Waals surface area contributed by atoms with E-state index >= 15 is 0 Å². The van der Waals surface area contributed by atoms with Crippen LogP contribution >= 0.6 is 0 Å². The van der Waals surface area contributed by atoms with Crippen LogP contribution in [0.1, 0.15) is 24.3 Å². The highest BCUT2D eigenvalue weighted by molar-refractivity contribution is 5.95. The third kappa shape index (κ3) is 3.81. The number of nitrogens with zero attached hydrogens (tertiary/aromatic N) is 3. The number of hydrogen-bond acceptors (Lipinski definition) is 4. The van der Waals surface area contributed by atoms with Gasteiger partial charge in [-0.3, -0.25) is 14.3 Å². The number of carboxylic acid groups (broad SMARTS) is 1. The zero-order chi connectivity index (χ0) is 15.3. The molecule has 1 aromatic heterocycles. The van der Waals surface area contributed by atoms with Crippen molar-refractivity contribution in [3.8, 4) is 0 Å². The van der Waals surface area contributed by atoms with E-state index < -0.39 is 17.9 Å². The molecular formula is C12H18N4O4. The first kappa shape index (κ1) is 15.7. The monoisotopic (exact) mass is 282 g/mol. The second kappa shape index (κ2) is 6.69. The van der Waals surface area contributed by atoms with Crippen LogP contribution in [0.2, 0.25) is 0 Å². The molecule has 0 saturated heterocycles. The standard InChI is InChI=1S/C12H18N4O4/c1-8(12(19)20)16(7-6-13-9(2)17)11(18)10-4-5-14-15(10)3/h4-5,8H,6-7H2,1-3H3,(H,13,17)(H,19,20). The van der Waals surface area contributed by atoms with Crippen molar-refractivity contribution in [1.29, 1.82) is 0 Å². The average molecular weight is 282 g/mol. The molecule has 1 atom stereocenters. The van der Waals surface area contributed by atoms with Gasteiger partial charge in [-0.1, -0.05) is 0 Å². The van der Waals surface area contributed by atoms with Crippen LogP contribution < -0.4 is 5.32 Å². The molecule has 8 nitrogen and oxygen atoms in total. The van der Waals surface area contributed by atoms with Crippen molar-refractivity contribution in [2.45, 2.75) is 19.9 Å². The van der Waals surface area contributed by atoms with Crippen LogP contribution in [0, 0.1) is 0 Å². The quantitative estimate of drug-likeness (QED) is 0.730. The van der Waals surface area contributed by atoms with Gasteiger partial charge < -0.3 is 15.3 Å². The second-order valence-corrected chi connectivity index (χ2v) is 4.34. The van der Waals surface area contributed by atoms with E-state index in [1.165, 1.54) is 35.7 Å². The number of nitrogens with one attached hydrogen (secondary N) is 1. The van der Waals surface area contributed by atoms with Gasteiger partial charge in [0.2, 0.25) is 5.91 Å². The fourth-order valence-corrected chi connectivity index (χ4v) is 1.69. The molecule has 1 unspecified atom stereocenters. The predicted octanol–water partition coefficient (Wildman–Crippen LogP) is -0.528. The Morgan fingerprint density at radius 3 is 2.60 bits per heavy atom. The van der Waals surface area contributed by atoms with Crippen LogP contribution in [-0.4, -0.2) is 56.7 Å². The highest BCUT2D eigenvalue weighted by atomic mass is 16.4. The normalized spacial score (nSPS) is 11.8. The minimum absolute atomic E-state index is 0.108. The number of carbonyl (C=O) groups excluding carboxylic acids is 2. The molecule has 0 saturated carbocycles. The van der Waals surface area contributed by atoms with Crippen molar-refractivity contribution >= 4 is 17.8 Å². The molecule has 1 rings (SSSR count). The fraction of sp³-hybridized carbons (Fsp3) is 0.500. The number of hydrogen-bond donors (Lipinski definition) is 2. The highest BCUT2D eigenvalue weighted by Crippen LogP contribution is 2.07. The topological polar surface area (TPSA) is 105 Å². The molecule has 0 radical (unpaired) electrons. The first-order valence-corrected chi connectivity index (χ1v) is 6.10. The summed E-state index contributed by atoms with van der Waals surface area (Å²) in [6, 6.07) is 0.522. The van der Waals surface area contributed by atoms with Gasteiger partial charge in [-0.05, 0) is 13.0 Å². The molecule has 0 aromatic carbocycles. The molecule has 0 aliphatic carbocycles. The lowest BCUT2D eigenvalue weighted by atomic mass is 10.2. The zero-order valence-corrected chi connectivity index (χ0v) is 11.7. The third-order valence-electron chi connectivity index (χ3n) is 2.85. The molecule has 0 fully saturated rings. The van der Waals surface area contributed by atoms with E-state index in [4.69, 9.17) is 5.11 Å². The van der Waals surface area contributed by atoms with Crippen LogP contribution in [0.3, 0.4) is 0 Å². The summed E-state index contributed by atoms with van der Waals surface area (Å²) in [5, 5.41) is 15.5. The molecule has 0 spiro atoms. The fourth-order valence-electron chi connectivity index (χ4n) is 1.69. The Bertz CT molecular complexity index is 511. The van der Waals surface area contributed by atoms with Crippen LogP contribution in [0.5, 0.6) is 0 Å². The van der Waals surface area contributed by atoms with E-state index in [0.29, 0.717) is 5.69 Å². The lowest BCUT2D eigenvalue weighted by Gasteiger charge is -2.26. The summed E-state index contributed by atoms with van der Waals surface area (Å²) in [6.45, 7) is 3.08. The molecule has 8 heteroatoms. The maximum absolute atomic E-state index is 12.3. The first-order valence-electron chi connectivity index (χ1n) is 6.10. The summed E-state index contributed by atoms with van der Waals surface area (Å²) < 4.78 is 1.38. The molecule has 1 heterocycles. The average Bonchev–Trinajstić information content (AvgIpc) is 2.79. The Hall–Kier alpha value is -2.38. The van der Waals surface area contributed by atoms with Gasteiger partial charge in [0.15, 0.2) is 0 Å². The minimum Gasteiger partial charge on any atom is -0.480 e. The minimum atomic E-state index is -1.11. The number of rotatable bonds is 6. The molecule has 1 aromatic rings. The van der Waals surface area contributed by atoms with Gasteiger partial charge in [0.05, 0.1) is 0 Å². The van der Waals surface area contributed by atoms with Crippen molar-refractivity contribution in [1.82, 2.24) is 20.0 Å². The summed E-state index contributed by atoms with van der Waals surface area (Å²) in [7, 11) is 1.60. The summed E-state index contributed by atoms with van der Waals surface area (Å²) in [4.78, 5) is 35.5. The Labute approximate surface area is 116 Å². The number of amides is 2. The smallest absolute Gasteiger partial charge is 0.326 e. The lowest BCUT2D eigenvalue weighted by molar-refractivity contribution is -0.141. The summed E-state index contributed by atoms with van der Waals surface area (Å²) in [5.74, 6) is -1.78. The third-order valence-corrected chi connectivity index (χ3v) is 2.85. The van der Waals surface area contributed by atoms with Gasteiger partial charge in [0.25, 0.3) is 5.91 Å². The Morgan fingerprint density at radius 1 is 1.50 bits per heavy atom. The van der Waals surface area contributed by atoms with E-state index in [0.717, 1.165) is 0 Å². The lowest BCUT2D eigenvalue weighted by Crippen LogP contribution is -2.47. The maximum atomic E-state index is 12.3. The van der Waals surface area contributed by atoms with Crippen molar-refractivity contribution in [2.75, 3.05) is 13.1 Å². The van der Waals surface area contributed by atoms with Gasteiger partial charge in [-0.2, -0.15) is 5.10 Å². The molecule has 0 aliphatic rings. The molecule has 2 amide bonds. The van der Waals surface area contributed by atoms with E-state index in [9.17, 15) is 14.4 Å². The molecule has 0 bridgehead atoms. The van der Waals surface area contributed by atoms with E-state index in [-0.39, 0.29) is 19.0 Å². The molecule has 2 N–H and O–H groups in total. The second-order valence-electron chi connectivity index (χ2n) is 4.34.